The summed E-state index contributed by atoms with van der Waals surface area (Å²) in [5.74, 6) is 1.38. The van der Waals surface area contributed by atoms with Crippen molar-refractivity contribution in [3.05, 3.63) is 36.1 Å². The van der Waals surface area contributed by atoms with E-state index in [1.54, 1.807) is 0 Å². The number of rotatable bonds is 1. The van der Waals surface area contributed by atoms with E-state index in [-0.39, 0.29) is 5.76 Å². The summed E-state index contributed by atoms with van der Waals surface area (Å²) >= 11 is 0. The fourth-order valence-electron chi connectivity index (χ4n) is 1.34. The number of ether oxygens (including phenoxy) is 2. The molecule has 74 valence electrons. The smallest absolute Gasteiger partial charge is 0.188 e. The molecule has 0 bridgehead atoms. The molecule has 0 aromatic heterocycles. The third kappa shape index (κ3) is 1.53. The molecule has 0 spiro atoms. The lowest BCUT2D eigenvalue weighted by molar-refractivity contribution is 0.0848. The third-order valence-electron chi connectivity index (χ3n) is 2.13. The number of aliphatic hydroxyl groups is 1. The molecule has 1 aromatic rings. The van der Waals surface area contributed by atoms with Crippen LogP contribution < -0.4 is 9.47 Å². The maximum atomic E-state index is 9.16. The Kier molecular flexibility index (Phi) is 2.08. The summed E-state index contributed by atoms with van der Waals surface area (Å²) in [6.45, 7) is 5.72. The van der Waals surface area contributed by atoms with E-state index in [9.17, 15) is 0 Å². The summed E-state index contributed by atoms with van der Waals surface area (Å²) in [6, 6.07) is 5.68. The van der Waals surface area contributed by atoms with Crippen LogP contribution in [0.25, 0.3) is 0 Å². The second-order valence-electron chi connectivity index (χ2n) is 3.36. The molecule has 0 amide bonds. The fourth-order valence-corrected chi connectivity index (χ4v) is 1.34. The minimum atomic E-state index is -0.454. The topological polar surface area (TPSA) is 38.7 Å². The van der Waals surface area contributed by atoms with Crippen LogP contribution in [0.3, 0.4) is 0 Å². The molecule has 1 atom stereocenters. The standard InChI is InChI=1S/C11H12O3/c1-7-3-4-9-10(5-7)13-6-11(14-9)8(2)12/h3-5,11-12H,2,6H2,1H3. The predicted octanol–water partition coefficient (Wildman–Crippen LogP) is 2.21. The lowest BCUT2D eigenvalue weighted by Gasteiger charge is -2.25. The van der Waals surface area contributed by atoms with Gasteiger partial charge in [-0.3, -0.25) is 0 Å². The van der Waals surface area contributed by atoms with Crippen molar-refractivity contribution in [2.75, 3.05) is 6.61 Å². The van der Waals surface area contributed by atoms with Gasteiger partial charge >= 0.3 is 0 Å². The van der Waals surface area contributed by atoms with Crippen LogP contribution in [0, 0.1) is 6.92 Å². The van der Waals surface area contributed by atoms with Crippen LogP contribution in [0.5, 0.6) is 11.5 Å². The molecule has 0 fully saturated rings. The fraction of sp³-hybridized carbons (Fsp3) is 0.273. The van der Waals surface area contributed by atoms with Crippen molar-refractivity contribution in [2.24, 2.45) is 0 Å². The molecule has 1 heterocycles. The van der Waals surface area contributed by atoms with E-state index in [0.717, 1.165) is 11.3 Å². The average Bonchev–Trinajstić information content (AvgIpc) is 2.16. The van der Waals surface area contributed by atoms with Gasteiger partial charge in [0, 0.05) is 0 Å². The van der Waals surface area contributed by atoms with E-state index in [2.05, 4.69) is 6.58 Å². The molecular formula is C11H12O3. The van der Waals surface area contributed by atoms with Crippen molar-refractivity contribution in [2.45, 2.75) is 13.0 Å². The summed E-state index contributed by atoms with van der Waals surface area (Å²) in [4.78, 5) is 0. The van der Waals surface area contributed by atoms with Gasteiger partial charge in [0.2, 0.25) is 0 Å². The second-order valence-corrected chi connectivity index (χ2v) is 3.36. The highest BCUT2D eigenvalue weighted by Crippen LogP contribution is 2.33. The highest BCUT2D eigenvalue weighted by molar-refractivity contribution is 5.44. The zero-order valence-corrected chi connectivity index (χ0v) is 7.99. The van der Waals surface area contributed by atoms with Crippen molar-refractivity contribution in [3.63, 3.8) is 0 Å². The number of benzene rings is 1. The molecule has 2 rings (SSSR count). The van der Waals surface area contributed by atoms with Crippen molar-refractivity contribution in [1.82, 2.24) is 0 Å². The molecule has 0 saturated heterocycles. The first-order chi connectivity index (χ1) is 6.66. The Morgan fingerprint density at radius 2 is 2.29 bits per heavy atom. The van der Waals surface area contributed by atoms with Gasteiger partial charge < -0.3 is 14.6 Å². The lowest BCUT2D eigenvalue weighted by atomic mass is 10.2. The van der Waals surface area contributed by atoms with Gasteiger partial charge in [0.05, 0.1) is 0 Å². The van der Waals surface area contributed by atoms with Gasteiger partial charge in [-0.1, -0.05) is 12.6 Å². The summed E-state index contributed by atoms with van der Waals surface area (Å²) in [7, 11) is 0. The Labute approximate surface area is 82.6 Å². The number of aliphatic hydroxyl groups excluding tert-OH is 1. The largest absolute Gasteiger partial charge is 0.509 e. The van der Waals surface area contributed by atoms with E-state index < -0.39 is 6.10 Å². The Morgan fingerprint density at radius 1 is 1.50 bits per heavy atom. The first kappa shape index (κ1) is 8.94. The molecular weight excluding hydrogens is 180 g/mol. The number of aryl methyl sites for hydroxylation is 1. The molecule has 0 saturated carbocycles. The zero-order valence-electron chi connectivity index (χ0n) is 7.99. The SMILES string of the molecule is C=C(O)C1COc2cc(C)ccc2O1. The number of hydrogen-bond donors (Lipinski definition) is 1. The Morgan fingerprint density at radius 3 is 3.00 bits per heavy atom. The van der Waals surface area contributed by atoms with Gasteiger partial charge in [-0.25, -0.2) is 0 Å². The van der Waals surface area contributed by atoms with Crippen LogP contribution in [0.15, 0.2) is 30.5 Å². The maximum Gasteiger partial charge on any atom is 0.188 e. The molecule has 3 heteroatoms. The molecule has 1 aromatic carbocycles. The van der Waals surface area contributed by atoms with Crippen molar-refractivity contribution < 1.29 is 14.6 Å². The molecule has 1 unspecified atom stereocenters. The van der Waals surface area contributed by atoms with Gasteiger partial charge in [0.25, 0.3) is 0 Å². The number of hydrogen-bond acceptors (Lipinski definition) is 3. The van der Waals surface area contributed by atoms with E-state index >= 15 is 0 Å². The first-order valence-corrected chi connectivity index (χ1v) is 4.44. The molecule has 0 aliphatic carbocycles. The maximum absolute atomic E-state index is 9.16. The van der Waals surface area contributed by atoms with Crippen molar-refractivity contribution >= 4 is 0 Å². The molecule has 14 heavy (non-hydrogen) atoms. The molecule has 1 aliphatic heterocycles. The van der Waals surface area contributed by atoms with E-state index in [4.69, 9.17) is 14.6 Å². The lowest BCUT2D eigenvalue weighted by Crippen LogP contribution is -2.30. The molecule has 1 aliphatic rings. The first-order valence-electron chi connectivity index (χ1n) is 4.44. The van der Waals surface area contributed by atoms with Crippen LogP contribution in [-0.4, -0.2) is 17.8 Å². The second kappa shape index (κ2) is 3.25. The molecule has 1 N–H and O–H groups in total. The molecule has 3 nitrogen and oxygen atoms in total. The summed E-state index contributed by atoms with van der Waals surface area (Å²) in [5.41, 5.74) is 1.12. The average molecular weight is 192 g/mol. The monoisotopic (exact) mass is 192 g/mol. The summed E-state index contributed by atoms with van der Waals surface area (Å²) in [5, 5.41) is 9.16. The van der Waals surface area contributed by atoms with Gasteiger partial charge in [-0.2, -0.15) is 0 Å². The summed E-state index contributed by atoms with van der Waals surface area (Å²) in [6.07, 6.45) is -0.454. The Hall–Kier alpha value is -1.64. The number of fused-ring (bicyclic) bond motifs is 1. The third-order valence-corrected chi connectivity index (χ3v) is 2.13. The predicted molar refractivity (Wildman–Crippen MR) is 52.9 cm³/mol. The highest BCUT2D eigenvalue weighted by Gasteiger charge is 2.22. The van der Waals surface area contributed by atoms with E-state index in [0.29, 0.717) is 12.4 Å². The van der Waals surface area contributed by atoms with Crippen LogP contribution in [0.1, 0.15) is 5.56 Å². The highest BCUT2D eigenvalue weighted by atomic mass is 16.6. The van der Waals surface area contributed by atoms with Gasteiger partial charge in [-0.15, -0.1) is 0 Å². The van der Waals surface area contributed by atoms with Crippen LogP contribution >= 0.6 is 0 Å². The van der Waals surface area contributed by atoms with Gasteiger partial charge in [0.1, 0.15) is 12.4 Å². The van der Waals surface area contributed by atoms with Gasteiger partial charge in [-0.05, 0) is 24.6 Å². The zero-order chi connectivity index (χ0) is 10.1. The summed E-state index contributed by atoms with van der Waals surface area (Å²) < 4.78 is 10.9. The van der Waals surface area contributed by atoms with Crippen LogP contribution in [0.2, 0.25) is 0 Å². The minimum Gasteiger partial charge on any atom is -0.509 e. The van der Waals surface area contributed by atoms with Gasteiger partial charge in [0.15, 0.2) is 17.6 Å². The van der Waals surface area contributed by atoms with Crippen molar-refractivity contribution in [3.8, 4) is 11.5 Å². The van der Waals surface area contributed by atoms with Crippen LogP contribution in [0.4, 0.5) is 0 Å². The van der Waals surface area contributed by atoms with E-state index in [1.165, 1.54) is 0 Å². The van der Waals surface area contributed by atoms with Crippen molar-refractivity contribution in [1.29, 1.82) is 0 Å². The Balaban J connectivity index is 2.27. The Bertz CT molecular complexity index is 371. The molecule has 0 radical (unpaired) electrons. The minimum absolute atomic E-state index is 0.00350. The quantitative estimate of drug-likeness (QED) is 0.693. The van der Waals surface area contributed by atoms with Crippen LogP contribution in [-0.2, 0) is 0 Å². The van der Waals surface area contributed by atoms with E-state index in [1.807, 2.05) is 25.1 Å². The normalized spacial score (nSPS) is 19.1.